The highest BCUT2D eigenvalue weighted by molar-refractivity contribution is 9.08. The highest BCUT2D eigenvalue weighted by Gasteiger charge is 2.32. The van der Waals surface area contributed by atoms with Crippen LogP contribution in [-0.4, -0.2) is 5.11 Å². The predicted molar refractivity (Wildman–Crippen MR) is 103 cm³/mol. The number of halogens is 1. The van der Waals surface area contributed by atoms with Crippen LogP contribution >= 0.6 is 15.9 Å². The van der Waals surface area contributed by atoms with Crippen molar-refractivity contribution < 1.29 is 5.11 Å². The highest BCUT2D eigenvalue weighted by atomic mass is 79.9. The molecule has 0 bridgehead atoms. The lowest BCUT2D eigenvalue weighted by molar-refractivity contribution is 0.435. The molecule has 0 aliphatic heterocycles. The van der Waals surface area contributed by atoms with E-state index >= 15 is 0 Å². The van der Waals surface area contributed by atoms with Gasteiger partial charge in [0.15, 0.2) is 0 Å². The third-order valence-corrected chi connectivity index (χ3v) is 5.52. The van der Waals surface area contributed by atoms with Gasteiger partial charge in [-0.1, -0.05) is 93.0 Å². The molecule has 1 nitrogen and oxygen atoms in total. The van der Waals surface area contributed by atoms with Crippen molar-refractivity contribution in [2.24, 2.45) is 0 Å². The van der Waals surface area contributed by atoms with E-state index in [1.165, 1.54) is 11.1 Å². The zero-order chi connectivity index (χ0) is 17.3. The quantitative estimate of drug-likeness (QED) is 0.622. The topological polar surface area (TPSA) is 20.2 Å². The van der Waals surface area contributed by atoms with Crippen molar-refractivity contribution in [1.82, 2.24) is 0 Å². The van der Waals surface area contributed by atoms with Gasteiger partial charge in [-0.05, 0) is 23.0 Å². The molecular weight excluding hydrogens is 348 g/mol. The van der Waals surface area contributed by atoms with Crippen LogP contribution in [-0.2, 0) is 16.2 Å². The van der Waals surface area contributed by atoms with E-state index in [0.717, 1.165) is 17.5 Å². The van der Waals surface area contributed by atoms with Gasteiger partial charge in [-0.25, -0.2) is 0 Å². The van der Waals surface area contributed by atoms with Crippen molar-refractivity contribution in [1.29, 1.82) is 0 Å². The summed E-state index contributed by atoms with van der Waals surface area (Å²) in [6, 6.07) is 14.8. The van der Waals surface area contributed by atoms with Gasteiger partial charge in [0.05, 0.1) is 0 Å². The lowest BCUT2D eigenvalue weighted by Gasteiger charge is -2.33. The number of phenolic OH excluding ortho intramolecular Hbond substituents is 1. The van der Waals surface area contributed by atoms with E-state index < -0.39 is 0 Å². The SMILES string of the molecule is CCC(C)(c1ccccc1)c1cc(C(C)(C)C)cc(CBr)c1O. The molecule has 0 heterocycles. The first-order chi connectivity index (χ1) is 10.7. The van der Waals surface area contributed by atoms with Gasteiger partial charge in [-0.2, -0.15) is 0 Å². The summed E-state index contributed by atoms with van der Waals surface area (Å²) in [6.45, 7) is 11.1. The molecule has 0 aliphatic carbocycles. The second kappa shape index (κ2) is 6.68. The van der Waals surface area contributed by atoms with E-state index in [1.807, 2.05) is 6.07 Å². The number of aromatic hydroxyl groups is 1. The van der Waals surface area contributed by atoms with Crippen molar-refractivity contribution in [2.75, 3.05) is 0 Å². The molecule has 2 rings (SSSR count). The smallest absolute Gasteiger partial charge is 0.123 e. The molecule has 0 aliphatic rings. The summed E-state index contributed by atoms with van der Waals surface area (Å²) < 4.78 is 0. The van der Waals surface area contributed by atoms with E-state index in [4.69, 9.17) is 0 Å². The average molecular weight is 375 g/mol. The van der Waals surface area contributed by atoms with Crippen molar-refractivity contribution in [2.45, 2.75) is 57.2 Å². The monoisotopic (exact) mass is 374 g/mol. The molecule has 124 valence electrons. The van der Waals surface area contributed by atoms with Crippen LogP contribution in [0.5, 0.6) is 5.75 Å². The van der Waals surface area contributed by atoms with E-state index in [9.17, 15) is 5.11 Å². The Labute approximate surface area is 148 Å². The Kier molecular flexibility index (Phi) is 5.25. The summed E-state index contributed by atoms with van der Waals surface area (Å²) in [5, 5.41) is 11.5. The van der Waals surface area contributed by atoms with Crippen LogP contribution in [0.25, 0.3) is 0 Å². The molecule has 23 heavy (non-hydrogen) atoms. The average Bonchev–Trinajstić information content (AvgIpc) is 2.54. The minimum absolute atomic E-state index is 0.0463. The molecule has 1 unspecified atom stereocenters. The van der Waals surface area contributed by atoms with Crippen molar-refractivity contribution in [3.63, 3.8) is 0 Å². The van der Waals surface area contributed by atoms with E-state index in [1.54, 1.807) is 0 Å². The van der Waals surface area contributed by atoms with Crippen LogP contribution in [0.1, 0.15) is 63.3 Å². The Hall–Kier alpha value is -1.28. The normalized spacial score (nSPS) is 14.5. The zero-order valence-electron chi connectivity index (χ0n) is 14.8. The third-order valence-electron chi connectivity index (χ3n) is 4.91. The van der Waals surface area contributed by atoms with Gasteiger partial charge in [0.1, 0.15) is 5.75 Å². The molecule has 2 heteroatoms. The molecule has 0 aromatic heterocycles. The minimum Gasteiger partial charge on any atom is -0.507 e. The summed E-state index contributed by atoms with van der Waals surface area (Å²) in [7, 11) is 0. The van der Waals surface area contributed by atoms with E-state index in [-0.39, 0.29) is 10.8 Å². The predicted octanol–water partition coefficient (Wildman–Crippen LogP) is 6.30. The van der Waals surface area contributed by atoms with Crippen LogP contribution in [0, 0.1) is 0 Å². The number of phenols is 1. The van der Waals surface area contributed by atoms with E-state index in [2.05, 4.69) is 86.9 Å². The fraction of sp³-hybridized carbons (Fsp3) is 0.429. The molecule has 2 aromatic rings. The zero-order valence-corrected chi connectivity index (χ0v) is 16.4. The van der Waals surface area contributed by atoms with Gasteiger partial charge in [-0.3, -0.25) is 0 Å². The molecule has 2 aromatic carbocycles. The summed E-state index contributed by atoms with van der Waals surface area (Å²) in [6.07, 6.45) is 0.930. The maximum atomic E-state index is 10.9. The van der Waals surface area contributed by atoms with Crippen molar-refractivity contribution in [3.05, 3.63) is 64.7 Å². The number of alkyl halides is 1. The first-order valence-corrected chi connectivity index (χ1v) is 9.34. The maximum Gasteiger partial charge on any atom is 0.123 e. The minimum atomic E-state index is -0.205. The van der Waals surface area contributed by atoms with Crippen LogP contribution in [0.15, 0.2) is 42.5 Å². The summed E-state index contributed by atoms with van der Waals surface area (Å²) in [5.74, 6) is 0.420. The van der Waals surface area contributed by atoms with Gasteiger partial charge in [0.2, 0.25) is 0 Å². The van der Waals surface area contributed by atoms with Crippen LogP contribution < -0.4 is 0 Å². The molecule has 0 spiro atoms. The Balaban J connectivity index is 2.74. The third kappa shape index (κ3) is 3.47. The number of rotatable bonds is 4. The first-order valence-electron chi connectivity index (χ1n) is 8.22. The summed E-state index contributed by atoms with van der Waals surface area (Å²) >= 11 is 3.53. The van der Waals surface area contributed by atoms with Crippen molar-refractivity contribution in [3.8, 4) is 5.75 Å². The van der Waals surface area contributed by atoms with Gasteiger partial charge in [0.25, 0.3) is 0 Å². The second-order valence-corrected chi connectivity index (χ2v) is 8.03. The Morgan fingerprint density at radius 2 is 1.57 bits per heavy atom. The van der Waals surface area contributed by atoms with Gasteiger partial charge in [0, 0.05) is 21.9 Å². The lowest BCUT2D eigenvalue weighted by atomic mass is 9.71. The highest BCUT2D eigenvalue weighted by Crippen LogP contribution is 2.43. The largest absolute Gasteiger partial charge is 0.507 e. The molecule has 1 N–H and O–H groups in total. The Morgan fingerprint density at radius 1 is 0.957 bits per heavy atom. The molecular formula is C21H27BrO. The molecule has 0 fully saturated rings. The van der Waals surface area contributed by atoms with Gasteiger partial charge >= 0.3 is 0 Å². The number of hydrogen-bond acceptors (Lipinski definition) is 1. The van der Waals surface area contributed by atoms with Crippen LogP contribution in [0.2, 0.25) is 0 Å². The van der Waals surface area contributed by atoms with Crippen LogP contribution in [0.4, 0.5) is 0 Å². The fourth-order valence-corrected chi connectivity index (χ4v) is 3.43. The Bertz CT molecular complexity index is 670. The second-order valence-electron chi connectivity index (χ2n) is 7.47. The van der Waals surface area contributed by atoms with E-state index in [0.29, 0.717) is 11.1 Å². The van der Waals surface area contributed by atoms with Crippen molar-refractivity contribution >= 4 is 15.9 Å². The summed E-state index contributed by atoms with van der Waals surface area (Å²) in [5.41, 5.74) is 4.32. The standard InChI is InChI=1S/C21H27BrO/c1-6-21(5,16-10-8-7-9-11-16)18-13-17(20(2,3)4)12-15(14-22)19(18)23/h7-13,23H,6,14H2,1-5H3. The fourth-order valence-electron chi connectivity index (χ4n) is 3.01. The van der Waals surface area contributed by atoms with Crippen LogP contribution in [0.3, 0.4) is 0 Å². The molecule has 1 atom stereocenters. The molecule has 0 radical (unpaired) electrons. The van der Waals surface area contributed by atoms with Gasteiger partial charge < -0.3 is 5.11 Å². The molecule has 0 saturated carbocycles. The maximum absolute atomic E-state index is 10.9. The number of hydrogen-bond donors (Lipinski definition) is 1. The lowest BCUT2D eigenvalue weighted by Crippen LogP contribution is -2.24. The number of benzene rings is 2. The molecule has 0 amide bonds. The first kappa shape index (κ1) is 18.1. The Morgan fingerprint density at radius 3 is 2.04 bits per heavy atom. The van der Waals surface area contributed by atoms with Gasteiger partial charge in [-0.15, -0.1) is 0 Å². The molecule has 0 saturated heterocycles. The summed E-state index contributed by atoms with van der Waals surface area (Å²) in [4.78, 5) is 0.